The maximum atomic E-state index is 11.5. The highest BCUT2D eigenvalue weighted by atomic mass is 35.5. The van der Waals surface area contributed by atoms with Crippen molar-refractivity contribution in [2.24, 2.45) is 5.73 Å². The van der Waals surface area contributed by atoms with E-state index in [9.17, 15) is 4.79 Å². The fourth-order valence-corrected chi connectivity index (χ4v) is 1.72. The van der Waals surface area contributed by atoms with Crippen LogP contribution in [0.4, 0.5) is 0 Å². The predicted octanol–water partition coefficient (Wildman–Crippen LogP) is 2.11. The van der Waals surface area contributed by atoms with E-state index in [-0.39, 0.29) is 11.6 Å². The second kappa shape index (κ2) is 4.69. The van der Waals surface area contributed by atoms with E-state index in [2.05, 4.69) is 9.97 Å². The van der Waals surface area contributed by atoms with Gasteiger partial charge in [-0.15, -0.1) is 0 Å². The number of hydrogen-bond donors (Lipinski definition) is 2. The van der Waals surface area contributed by atoms with Crippen LogP contribution < -0.4 is 11.3 Å². The molecule has 4 nitrogen and oxygen atoms in total. The van der Waals surface area contributed by atoms with Crippen molar-refractivity contribution in [1.82, 2.24) is 9.97 Å². The van der Waals surface area contributed by atoms with Crippen molar-refractivity contribution in [3.8, 4) is 11.4 Å². The Morgan fingerprint density at radius 3 is 2.76 bits per heavy atom. The molecule has 1 atom stereocenters. The molecule has 0 aliphatic carbocycles. The van der Waals surface area contributed by atoms with Crippen molar-refractivity contribution in [3.05, 3.63) is 51.4 Å². The van der Waals surface area contributed by atoms with Crippen LogP contribution >= 0.6 is 11.6 Å². The van der Waals surface area contributed by atoms with Crippen molar-refractivity contribution in [2.45, 2.75) is 13.0 Å². The number of aromatic amines is 1. The molecule has 3 N–H and O–H groups in total. The lowest BCUT2D eigenvalue weighted by molar-refractivity contribution is 0.773. The van der Waals surface area contributed by atoms with E-state index in [1.807, 2.05) is 12.1 Å². The van der Waals surface area contributed by atoms with E-state index in [0.29, 0.717) is 22.1 Å². The average molecular weight is 250 g/mol. The summed E-state index contributed by atoms with van der Waals surface area (Å²) in [6.07, 6.45) is 0. The van der Waals surface area contributed by atoms with Crippen LogP contribution in [0.25, 0.3) is 11.4 Å². The van der Waals surface area contributed by atoms with Crippen LogP contribution in [0.1, 0.15) is 18.7 Å². The van der Waals surface area contributed by atoms with Gasteiger partial charge in [0, 0.05) is 17.7 Å². The molecule has 1 aromatic carbocycles. The Bertz CT molecular complexity index is 592. The number of H-pyrrole nitrogens is 1. The maximum Gasteiger partial charge on any atom is 0.251 e. The molecule has 5 heteroatoms. The van der Waals surface area contributed by atoms with Gasteiger partial charge in [0.25, 0.3) is 5.56 Å². The molecule has 0 saturated heterocycles. The Morgan fingerprint density at radius 1 is 1.41 bits per heavy atom. The summed E-state index contributed by atoms with van der Waals surface area (Å²) in [5, 5.41) is 0.539. The molecule has 2 rings (SSSR count). The molecular weight excluding hydrogens is 238 g/mol. The minimum atomic E-state index is -0.293. The van der Waals surface area contributed by atoms with E-state index >= 15 is 0 Å². The van der Waals surface area contributed by atoms with E-state index in [0.717, 1.165) is 0 Å². The Labute approximate surface area is 103 Å². The SMILES string of the molecule is CC(N)c1cc(=O)[nH]c(-c2ccccc2Cl)n1. The molecule has 0 amide bonds. The van der Waals surface area contributed by atoms with Crippen LogP contribution in [-0.4, -0.2) is 9.97 Å². The lowest BCUT2D eigenvalue weighted by Gasteiger charge is -2.07. The molecule has 17 heavy (non-hydrogen) atoms. The third kappa shape index (κ3) is 2.54. The lowest BCUT2D eigenvalue weighted by Crippen LogP contribution is -2.15. The fourth-order valence-electron chi connectivity index (χ4n) is 1.49. The summed E-state index contributed by atoms with van der Waals surface area (Å²) in [4.78, 5) is 18.5. The largest absolute Gasteiger partial charge is 0.323 e. The topological polar surface area (TPSA) is 71.8 Å². The minimum Gasteiger partial charge on any atom is -0.323 e. The summed E-state index contributed by atoms with van der Waals surface area (Å²) in [5.41, 5.74) is 6.72. The maximum absolute atomic E-state index is 11.5. The summed E-state index contributed by atoms with van der Waals surface area (Å²) in [5.74, 6) is 0.440. The number of aromatic nitrogens is 2. The summed E-state index contributed by atoms with van der Waals surface area (Å²) < 4.78 is 0. The Hall–Kier alpha value is -1.65. The van der Waals surface area contributed by atoms with Gasteiger partial charge in [0.1, 0.15) is 5.82 Å². The third-order valence-electron chi connectivity index (χ3n) is 2.36. The number of nitrogens with one attached hydrogen (secondary N) is 1. The number of rotatable bonds is 2. The van der Waals surface area contributed by atoms with Crippen molar-refractivity contribution < 1.29 is 0 Å². The second-order valence-corrected chi connectivity index (χ2v) is 4.19. The summed E-state index contributed by atoms with van der Waals surface area (Å²) in [6, 6.07) is 8.30. The highest BCUT2D eigenvalue weighted by Crippen LogP contribution is 2.24. The molecular formula is C12H12ClN3O. The second-order valence-electron chi connectivity index (χ2n) is 3.79. The molecule has 1 aromatic heterocycles. The first-order valence-electron chi connectivity index (χ1n) is 5.19. The number of nitrogens with zero attached hydrogens (tertiary/aromatic N) is 1. The van der Waals surface area contributed by atoms with E-state index < -0.39 is 0 Å². The van der Waals surface area contributed by atoms with Crippen LogP contribution in [0.15, 0.2) is 35.1 Å². The number of hydrogen-bond acceptors (Lipinski definition) is 3. The summed E-state index contributed by atoms with van der Waals surface area (Å²) >= 11 is 6.05. The van der Waals surface area contributed by atoms with E-state index in [1.54, 1.807) is 19.1 Å². The van der Waals surface area contributed by atoms with Crippen molar-refractivity contribution in [3.63, 3.8) is 0 Å². The molecule has 88 valence electrons. The first kappa shape index (κ1) is 11.8. The van der Waals surface area contributed by atoms with Gasteiger partial charge in [-0.3, -0.25) is 4.79 Å². The molecule has 0 saturated carbocycles. The van der Waals surface area contributed by atoms with Gasteiger partial charge < -0.3 is 10.7 Å². The molecule has 0 radical (unpaired) electrons. The zero-order valence-corrected chi connectivity index (χ0v) is 10.0. The van der Waals surface area contributed by atoms with Crippen LogP contribution in [0.3, 0.4) is 0 Å². The first-order chi connectivity index (χ1) is 8.08. The van der Waals surface area contributed by atoms with Crippen LogP contribution in [-0.2, 0) is 0 Å². The van der Waals surface area contributed by atoms with Crippen LogP contribution in [0.2, 0.25) is 5.02 Å². The smallest absolute Gasteiger partial charge is 0.251 e. The van der Waals surface area contributed by atoms with Gasteiger partial charge in [0.05, 0.1) is 10.7 Å². The zero-order valence-electron chi connectivity index (χ0n) is 9.27. The average Bonchev–Trinajstić information content (AvgIpc) is 2.28. The highest BCUT2D eigenvalue weighted by Gasteiger charge is 2.09. The first-order valence-corrected chi connectivity index (χ1v) is 5.57. The fraction of sp³-hybridized carbons (Fsp3) is 0.167. The van der Waals surface area contributed by atoms with Crippen molar-refractivity contribution >= 4 is 11.6 Å². The highest BCUT2D eigenvalue weighted by molar-refractivity contribution is 6.33. The summed E-state index contributed by atoms with van der Waals surface area (Å²) in [6.45, 7) is 1.78. The van der Waals surface area contributed by atoms with Gasteiger partial charge in [0.2, 0.25) is 0 Å². The molecule has 0 bridgehead atoms. The van der Waals surface area contributed by atoms with Gasteiger partial charge in [-0.25, -0.2) is 4.98 Å². The molecule has 1 unspecified atom stereocenters. The normalized spacial score (nSPS) is 12.4. The Balaban J connectivity index is 2.60. The molecule has 2 aromatic rings. The van der Waals surface area contributed by atoms with Gasteiger partial charge in [-0.1, -0.05) is 23.7 Å². The molecule has 0 aliphatic rings. The number of nitrogens with two attached hydrogens (primary N) is 1. The van der Waals surface area contributed by atoms with Gasteiger partial charge >= 0.3 is 0 Å². The van der Waals surface area contributed by atoms with Crippen LogP contribution in [0, 0.1) is 0 Å². The van der Waals surface area contributed by atoms with Gasteiger partial charge in [0.15, 0.2) is 0 Å². The molecule has 0 fully saturated rings. The monoisotopic (exact) mass is 249 g/mol. The molecule has 1 heterocycles. The van der Waals surface area contributed by atoms with E-state index in [4.69, 9.17) is 17.3 Å². The van der Waals surface area contributed by atoms with E-state index in [1.165, 1.54) is 6.07 Å². The van der Waals surface area contributed by atoms with Crippen LogP contribution in [0.5, 0.6) is 0 Å². The third-order valence-corrected chi connectivity index (χ3v) is 2.69. The van der Waals surface area contributed by atoms with Crippen molar-refractivity contribution in [2.75, 3.05) is 0 Å². The summed E-state index contributed by atoms with van der Waals surface area (Å²) in [7, 11) is 0. The molecule has 0 spiro atoms. The Morgan fingerprint density at radius 2 is 2.12 bits per heavy atom. The predicted molar refractivity (Wildman–Crippen MR) is 67.9 cm³/mol. The van der Waals surface area contributed by atoms with Crippen molar-refractivity contribution in [1.29, 1.82) is 0 Å². The standard InChI is InChI=1S/C12H12ClN3O/c1-7(14)10-6-11(17)16-12(15-10)8-4-2-3-5-9(8)13/h2-7H,14H2,1H3,(H,15,16,17). The number of halogens is 1. The number of benzene rings is 1. The quantitative estimate of drug-likeness (QED) is 0.856. The van der Waals surface area contributed by atoms with Gasteiger partial charge in [-0.2, -0.15) is 0 Å². The zero-order chi connectivity index (χ0) is 12.4. The Kier molecular flexibility index (Phi) is 3.26. The minimum absolute atomic E-state index is 0.234. The lowest BCUT2D eigenvalue weighted by atomic mass is 10.2. The van der Waals surface area contributed by atoms with Gasteiger partial charge in [-0.05, 0) is 19.1 Å². The molecule has 0 aliphatic heterocycles.